The van der Waals surface area contributed by atoms with Gasteiger partial charge in [-0.05, 0) is 38.4 Å². The standard InChI is InChI=1S/C14H28N2S/c1-11(2)13-9-16(12(3)8-15-13)10-14(4)6-5-7-17-14/h11-13,15H,5-10H2,1-4H3. The van der Waals surface area contributed by atoms with E-state index in [1.165, 1.54) is 31.7 Å². The zero-order valence-corrected chi connectivity index (χ0v) is 12.6. The first kappa shape index (κ1) is 13.7. The summed E-state index contributed by atoms with van der Waals surface area (Å²) in [6, 6.07) is 1.38. The quantitative estimate of drug-likeness (QED) is 0.835. The summed E-state index contributed by atoms with van der Waals surface area (Å²) in [6.45, 7) is 13.2. The van der Waals surface area contributed by atoms with Crippen molar-refractivity contribution in [3.63, 3.8) is 0 Å². The van der Waals surface area contributed by atoms with Crippen LogP contribution in [0, 0.1) is 5.92 Å². The van der Waals surface area contributed by atoms with Gasteiger partial charge in [0.15, 0.2) is 0 Å². The van der Waals surface area contributed by atoms with Gasteiger partial charge in [0.25, 0.3) is 0 Å². The smallest absolute Gasteiger partial charge is 0.0259 e. The highest BCUT2D eigenvalue weighted by Gasteiger charge is 2.35. The van der Waals surface area contributed by atoms with E-state index in [-0.39, 0.29) is 0 Å². The lowest BCUT2D eigenvalue weighted by molar-refractivity contribution is 0.113. The van der Waals surface area contributed by atoms with Crippen LogP contribution in [-0.2, 0) is 0 Å². The fraction of sp³-hybridized carbons (Fsp3) is 1.00. The highest BCUT2D eigenvalue weighted by Crippen LogP contribution is 2.38. The number of thioether (sulfide) groups is 1. The van der Waals surface area contributed by atoms with Crippen LogP contribution in [0.25, 0.3) is 0 Å². The molecule has 2 fully saturated rings. The van der Waals surface area contributed by atoms with E-state index in [0.29, 0.717) is 16.8 Å². The molecule has 2 heterocycles. The Kier molecular flexibility index (Phi) is 4.43. The monoisotopic (exact) mass is 256 g/mol. The van der Waals surface area contributed by atoms with Gasteiger partial charge >= 0.3 is 0 Å². The van der Waals surface area contributed by atoms with Crippen molar-refractivity contribution in [2.45, 2.75) is 57.4 Å². The summed E-state index contributed by atoms with van der Waals surface area (Å²) >= 11 is 2.19. The van der Waals surface area contributed by atoms with E-state index < -0.39 is 0 Å². The maximum absolute atomic E-state index is 3.69. The van der Waals surface area contributed by atoms with Crippen LogP contribution < -0.4 is 5.32 Å². The molecule has 0 bridgehead atoms. The molecule has 3 heteroatoms. The third-order valence-electron chi connectivity index (χ3n) is 4.37. The summed E-state index contributed by atoms with van der Waals surface area (Å²) < 4.78 is 0.521. The van der Waals surface area contributed by atoms with Gasteiger partial charge < -0.3 is 5.32 Å². The van der Waals surface area contributed by atoms with Crippen molar-refractivity contribution >= 4 is 11.8 Å². The molecule has 0 aliphatic carbocycles. The van der Waals surface area contributed by atoms with Crippen LogP contribution in [-0.4, -0.2) is 47.1 Å². The summed E-state index contributed by atoms with van der Waals surface area (Å²) in [5, 5.41) is 3.69. The molecule has 0 radical (unpaired) electrons. The number of rotatable bonds is 3. The van der Waals surface area contributed by atoms with Gasteiger partial charge in [0.2, 0.25) is 0 Å². The molecule has 3 atom stereocenters. The van der Waals surface area contributed by atoms with Crippen molar-refractivity contribution in [1.29, 1.82) is 0 Å². The van der Waals surface area contributed by atoms with Crippen LogP contribution in [0.1, 0.15) is 40.5 Å². The van der Waals surface area contributed by atoms with Gasteiger partial charge in [-0.2, -0.15) is 11.8 Å². The molecule has 3 unspecified atom stereocenters. The van der Waals surface area contributed by atoms with Crippen LogP contribution >= 0.6 is 11.8 Å². The van der Waals surface area contributed by atoms with E-state index in [2.05, 4.69) is 49.7 Å². The molecule has 2 aliphatic rings. The Balaban J connectivity index is 1.93. The third-order valence-corrected chi connectivity index (χ3v) is 5.90. The molecule has 0 amide bonds. The van der Waals surface area contributed by atoms with Gasteiger partial charge in [-0.1, -0.05) is 13.8 Å². The van der Waals surface area contributed by atoms with Crippen molar-refractivity contribution in [3.05, 3.63) is 0 Å². The fourth-order valence-corrected chi connectivity index (χ4v) is 4.33. The number of hydrogen-bond donors (Lipinski definition) is 1. The molecule has 0 saturated carbocycles. The Labute approximate surface area is 111 Å². The SMILES string of the molecule is CC(C)C1CN(CC2(C)CCCS2)C(C)CN1. The molecule has 0 aromatic carbocycles. The van der Waals surface area contributed by atoms with Gasteiger partial charge in [0.1, 0.15) is 0 Å². The molecule has 1 N–H and O–H groups in total. The zero-order chi connectivity index (χ0) is 12.5. The summed E-state index contributed by atoms with van der Waals surface area (Å²) in [7, 11) is 0. The predicted molar refractivity (Wildman–Crippen MR) is 77.8 cm³/mol. The molecule has 2 saturated heterocycles. The predicted octanol–water partition coefficient (Wildman–Crippen LogP) is 2.59. The van der Waals surface area contributed by atoms with Crippen LogP contribution in [0.5, 0.6) is 0 Å². The summed E-state index contributed by atoms with van der Waals surface area (Å²) in [4.78, 5) is 2.72. The fourth-order valence-electron chi connectivity index (χ4n) is 3.01. The Morgan fingerprint density at radius 1 is 1.47 bits per heavy atom. The topological polar surface area (TPSA) is 15.3 Å². The van der Waals surface area contributed by atoms with Gasteiger partial charge in [0.05, 0.1) is 0 Å². The van der Waals surface area contributed by atoms with Crippen LogP contribution in [0.15, 0.2) is 0 Å². The van der Waals surface area contributed by atoms with Crippen molar-refractivity contribution in [2.24, 2.45) is 5.92 Å². The number of nitrogens with zero attached hydrogens (tertiary/aromatic N) is 1. The summed E-state index contributed by atoms with van der Waals surface area (Å²) in [6.07, 6.45) is 2.82. The van der Waals surface area contributed by atoms with E-state index in [0.717, 1.165) is 12.5 Å². The average molecular weight is 256 g/mol. The molecule has 2 nitrogen and oxygen atoms in total. The molecular weight excluding hydrogens is 228 g/mol. The lowest BCUT2D eigenvalue weighted by Crippen LogP contribution is -2.59. The van der Waals surface area contributed by atoms with Gasteiger partial charge in [0, 0.05) is 36.5 Å². The lowest BCUT2D eigenvalue weighted by atomic mass is 9.97. The van der Waals surface area contributed by atoms with Crippen molar-refractivity contribution < 1.29 is 0 Å². The molecule has 2 rings (SSSR count). The van der Waals surface area contributed by atoms with Gasteiger partial charge in [-0.25, -0.2) is 0 Å². The Bertz CT molecular complexity index is 249. The van der Waals surface area contributed by atoms with E-state index >= 15 is 0 Å². The van der Waals surface area contributed by atoms with Crippen molar-refractivity contribution in [1.82, 2.24) is 10.2 Å². The van der Waals surface area contributed by atoms with Gasteiger partial charge in [-0.15, -0.1) is 0 Å². The molecule has 0 aromatic rings. The first-order chi connectivity index (χ1) is 8.00. The molecule has 0 aromatic heterocycles. The Morgan fingerprint density at radius 2 is 2.24 bits per heavy atom. The molecule has 17 heavy (non-hydrogen) atoms. The Hall–Kier alpha value is 0.270. The van der Waals surface area contributed by atoms with Crippen molar-refractivity contribution in [3.8, 4) is 0 Å². The minimum atomic E-state index is 0.521. The first-order valence-corrected chi connectivity index (χ1v) is 8.10. The van der Waals surface area contributed by atoms with Crippen LogP contribution in [0.2, 0.25) is 0 Å². The summed E-state index contributed by atoms with van der Waals surface area (Å²) in [5.74, 6) is 2.11. The third kappa shape index (κ3) is 3.39. The molecule has 0 spiro atoms. The molecule has 2 aliphatic heterocycles. The highest BCUT2D eigenvalue weighted by molar-refractivity contribution is 8.00. The first-order valence-electron chi connectivity index (χ1n) is 7.11. The second kappa shape index (κ2) is 5.50. The van der Waals surface area contributed by atoms with E-state index in [1.54, 1.807) is 0 Å². The second-order valence-corrected chi connectivity index (χ2v) is 8.12. The Morgan fingerprint density at radius 3 is 2.82 bits per heavy atom. The zero-order valence-electron chi connectivity index (χ0n) is 11.8. The number of piperazine rings is 1. The molecular formula is C14H28N2S. The summed E-state index contributed by atoms with van der Waals surface area (Å²) in [5.41, 5.74) is 0. The van der Waals surface area contributed by atoms with Crippen LogP contribution in [0.4, 0.5) is 0 Å². The maximum atomic E-state index is 3.69. The van der Waals surface area contributed by atoms with Crippen LogP contribution in [0.3, 0.4) is 0 Å². The minimum absolute atomic E-state index is 0.521. The van der Waals surface area contributed by atoms with E-state index in [9.17, 15) is 0 Å². The molecule has 100 valence electrons. The number of nitrogens with one attached hydrogen (secondary N) is 1. The van der Waals surface area contributed by atoms with E-state index in [1.807, 2.05) is 0 Å². The van der Waals surface area contributed by atoms with Gasteiger partial charge in [-0.3, -0.25) is 4.90 Å². The van der Waals surface area contributed by atoms with Crippen molar-refractivity contribution in [2.75, 3.05) is 25.4 Å². The highest BCUT2D eigenvalue weighted by atomic mass is 32.2. The average Bonchev–Trinajstić information content (AvgIpc) is 2.68. The number of hydrogen-bond acceptors (Lipinski definition) is 3. The largest absolute Gasteiger partial charge is 0.311 e. The lowest BCUT2D eigenvalue weighted by Gasteiger charge is -2.43. The second-order valence-electron chi connectivity index (χ2n) is 6.44. The minimum Gasteiger partial charge on any atom is -0.311 e. The van der Waals surface area contributed by atoms with E-state index in [4.69, 9.17) is 0 Å². The maximum Gasteiger partial charge on any atom is 0.0259 e. The normalized spacial score (nSPS) is 40.1.